The highest BCUT2D eigenvalue weighted by Gasteiger charge is 2.52. The molecular formula is C20H24N4O4S. The molecule has 4 amide bonds. The van der Waals surface area contributed by atoms with Gasteiger partial charge in [0.25, 0.3) is 5.91 Å². The molecule has 4 unspecified atom stereocenters. The Hall–Kier alpha value is -2.55. The highest BCUT2D eigenvalue weighted by Crippen LogP contribution is 2.29. The molecule has 2 N–H and O–H groups in total. The SMILES string of the molecule is CSCC(=O)N1CCC2NC(=O)C3CC(NC(=O)c4ccccc4)CN3C(=O)C21. The summed E-state index contributed by atoms with van der Waals surface area (Å²) in [6, 6.07) is 6.92. The minimum Gasteiger partial charge on any atom is -0.349 e. The molecule has 0 aliphatic carbocycles. The number of hydrogen-bond acceptors (Lipinski definition) is 5. The summed E-state index contributed by atoms with van der Waals surface area (Å²) in [5.74, 6) is -0.414. The van der Waals surface area contributed by atoms with Crippen LogP contribution in [0.15, 0.2) is 30.3 Å². The van der Waals surface area contributed by atoms with E-state index in [0.29, 0.717) is 30.7 Å². The summed E-state index contributed by atoms with van der Waals surface area (Å²) in [6.07, 6.45) is 2.80. The van der Waals surface area contributed by atoms with Crippen molar-refractivity contribution in [2.24, 2.45) is 0 Å². The number of fused-ring (bicyclic) bond motifs is 2. The van der Waals surface area contributed by atoms with Crippen LogP contribution in [0.3, 0.4) is 0 Å². The van der Waals surface area contributed by atoms with Gasteiger partial charge >= 0.3 is 0 Å². The lowest BCUT2D eigenvalue weighted by Gasteiger charge is -2.29. The molecule has 0 saturated carbocycles. The van der Waals surface area contributed by atoms with E-state index in [9.17, 15) is 19.2 Å². The van der Waals surface area contributed by atoms with Gasteiger partial charge in [-0.15, -0.1) is 0 Å². The molecule has 0 bridgehead atoms. The third-order valence-electron chi connectivity index (χ3n) is 5.82. The standard InChI is InChI=1S/C20H24N4O4S/c1-29-11-16(25)23-8-7-14-17(23)20(28)24-10-13(9-15(24)19(27)22-14)21-18(26)12-5-3-2-4-6-12/h2-6,13-15,17H,7-11H2,1H3,(H,21,26)(H,22,27). The summed E-state index contributed by atoms with van der Waals surface area (Å²) < 4.78 is 0. The lowest BCUT2D eigenvalue weighted by molar-refractivity contribution is -0.143. The predicted octanol–water partition coefficient (Wildman–Crippen LogP) is -0.152. The zero-order valence-electron chi connectivity index (χ0n) is 16.2. The van der Waals surface area contributed by atoms with E-state index in [1.165, 1.54) is 11.8 Å². The Morgan fingerprint density at radius 3 is 2.72 bits per heavy atom. The molecule has 4 rings (SSSR count). The monoisotopic (exact) mass is 416 g/mol. The topological polar surface area (TPSA) is 98.8 Å². The van der Waals surface area contributed by atoms with Crippen molar-refractivity contribution in [2.45, 2.75) is 37.0 Å². The summed E-state index contributed by atoms with van der Waals surface area (Å²) in [6.45, 7) is 0.733. The molecular weight excluding hydrogens is 392 g/mol. The van der Waals surface area contributed by atoms with Gasteiger partial charge in [-0.3, -0.25) is 19.2 Å². The third kappa shape index (κ3) is 3.71. The fourth-order valence-electron chi connectivity index (χ4n) is 4.47. The first-order valence-electron chi connectivity index (χ1n) is 9.74. The van der Waals surface area contributed by atoms with Crippen molar-refractivity contribution in [1.29, 1.82) is 0 Å². The Labute approximate surface area is 173 Å². The number of hydrogen-bond donors (Lipinski definition) is 2. The quantitative estimate of drug-likeness (QED) is 0.711. The van der Waals surface area contributed by atoms with Gasteiger partial charge in [0.05, 0.1) is 11.8 Å². The van der Waals surface area contributed by atoms with E-state index >= 15 is 0 Å². The van der Waals surface area contributed by atoms with Crippen LogP contribution in [0.25, 0.3) is 0 Å². The maximum atomic E-state index is 13.3. The van der Waals surface area contributed by atoms with Crippen LogP contribution in [0.4, 0.5) is 0 Å². The van der Waals surface area contributed by atoms with Gasteiger partial charge in [0.2, 0.25) is 17.7 Å². The number of thioether (sulfide) groups is 1. The Bertz CT molecular complexity index is 833. The molecule has 0 radical (unpaired) electrons. The van der Waals surface area contributed by atoms with E-state index in [-0.39, 0.29) is 42.3 Å². The molecule has 0 spiro atoms. The van der Waals surface area contributed by atoms with Crippen LogP contribution in [0, 0.1) is 0 Å². The second-order valence-corrected chi connectivity index (χ2v) is 8.51. The second kappa shape index (κ2) is 8.06. The number of nitrogens with one attached hydrogen (secondary N) is 2. The molecule has 3 saturated heterocycles. The van der Waals surface area contributed by atoms with Crippen molar-refractivity contribution in [3.63, 3.8) is 0 Å². The number of carbonyl (C=O) groups is 4. The maximum absolute atomic E-state index is 13.3. The van der Waals surface area contributed by atoms with Crippen LogP contribution in [0.1, 0.15) is 23.2 Å². The summed E-state index contributed by atoms with van der Waals surface area (Å²) in [5, 5.41) is 5.89. The molecule has 3 aliphatic rings. The molecule has 4 atom stereocenters. The first-order valence-corrected chi connectivity index (χ1v) is 11.1. The third-order valence-corrected chi connectivity index (χ3v) is 6.36. The molecule has 3 aliphatic heterocycles. The average molecular weight is 417 g/mol. The minimum atomic E-state index is -0.660. The van der Waals surface area contributed by atoms with Gasteiger partial charge in [0.1, 0.15) is 12.1 Å². The van der Waals surface area contributed by atoms with Gasteiger partial charge in [-0.05, 0) is 31.2 Å². The van der Waals surface area contributed by atoms with Crippen LogP contribution in [-0.2, 0) is 14.4 Å². The normalized spacial score (nSPS) is 28.4. The van der Waals surface area contributed by atoms with Gasteiger partial charge in [-0.2, -0.15) is 11.8 Å². The Balaban J connectivity index is 1.50. The van der Waals surface area contributed by atoms with E-state index in [2.05, 4.69) is 10.6 Å². The minimum absolute atomic E-state index is 0.0841. The van der Waals surface area contributed by atoms with Crippen LogP contribution in [-0.4, -0.2) is 82.7 Å². The molecule has 29 heavy (non-hydrogen) atoms. The first-order chi connectivity index (χ1) is 14.0. The van der Waals surface area contributed by atoms with E-state index < -0.39 is 12.1 Å². The molecule has 0 aromatic heterocycles. The number of rotatable bonds is 4. The van der Waals surface area contributed by atoms with Crippen LogP contribution in [0.2, 0.25) is 0 Å². The Morgan fingerprint density at radius 2 is 2.00 bits per heavy atom. The van der Waals surface area contributed by atoms with E-state index in [0.717, 1.165) is 0 Å². The van der Waals surface area contributed by atoms with Crippen molar-refractivity contribution in [1.82, 2.24) is 20.4 Å². The second-order valence-electron chi connectivity index (χ2n) is 7.65. The van der Waals surface area contributed by atoms with Crippen molar-refractivity contribution in [3.8, 4) is 0 Å². The van der Waals surface area contributed by atoms with Crippen molar-refractivity contribution >= 4 is 35.4 Å². The highest BCUT2D eigenvalue weighted by molar-refractivity contribution is 7.99. The summed E-state index contributed by atoms with van der Waals surface area (Å²) >= 11 is 1.42. The number of carbonyl (C=O) groups excluding carboxylic acids is 4. The fourth-order valence-corrected chi connectivity index (χ4v) is 4.89. The molecule has 154 valence electrons. The zero-order chi connectivity index (χ0) is 20.5. The van der Waals surface area contributed by atoms with Crippen molar-refractivity contribution in [2.75, 3.05) is 25.1 Å². The van der Waals surface area contributed by atoms with Crippen LogP contribution < -0.4 is 10.6 Å². The molecule has 1 aromatic rings. The largest absolute Gasteiger partial charge is 0.349 e. The van der Waals surface area contributed by atoms with E-state index in [4.69, 9.17) is 0 Å². The molecule has 3 heterocycles. The molecule has 1 aromatic carbocycles. The summed E-state index contributed by atoms with van der Waals surface area (Å²) in [7, 11) is 0. The summed E-state index contributed by atoms with van der Waals surface area (Å²) in [4.78, 5) is 54.1. The van der Waals surface area contributed by atoms with E-state index in [1.807, 2.05) is 12.3 Å². The lowest BCUT2D eigenvalue weighted by Crippen LogP contribution is -2.53. The van der Waals surface area contributed by atoms with Gasteiger partial charge in [-0.25, -0.2) is 0 Å². The lowest BCUT2D eigenvalue weighted by atomic mass is 10.1. The predicted molar refractivity (Wildman–Crippen MR) is 108 cm³/mol. The smallest absolute Gasteiger partial charge is 0.251 e. The number of amides is 4. The van der Waals surface area contributed by atoms with Gasteiger partial charge < -0.3 is 20.4 Å². The van der Waals surface area contributed by atoms with Crippen LogP contribution >= 0.6 is 11.8 Å². The average Bonchev–Trinajstić information content (AvgIpc) is 3.31. The zero-order valence-corrected chi connectivity index (χ0v) is 17.0. The highest BCUT2D eigenvalue weighted by atomic mass is 32.2. The van der Waals surface area contributed by atoms with Crippen molar-refractivity contribution in [3.05, 3.63) is 35.9 Å². The number of benzene rings is 1. The maximum Gasteiger partial charge on any atom is 0.251 e. The fraction of sp³-hybridized carbons (Fsp3) is 0.500. The van der Waals surface area contributed by atoms with Crippen LogP contribution in [0.5, 0.6) is 0 Å². The molecule has 3 fully saturated rings. The van der Waals surface area contributed by atoms with Gasteiger partial charge in [-0.1, -0.05) is 18.2 Å². The Morgan fingerprint density at radius 1 is 1.24 bits per heavy atom. The first kappa shape index (κ1) is 19.8. The van der Waals surface area contributed by atoms with Gasteiger partial charge in [0.15, 0.2) is 0 Å². The molecule has 8 nitrogen and oxygen atoms in total. The van der Waals surface area contributed by atoms with Crippen molar-refractivity contribution < 1.29 is 19.2 Å². The number of nitrogens with zero attached hydrogens (tertiary/aromatic N) is 2. The van der Waals surface area contributed by atoms with E-state index in [1.54, 1.807) is 34.1 Å². The summed E-state index contributed by atoms with van der Waals surface area (Å²) in [5.41, 5.74) is 0.537. The Kier molecular flexibility index (Phi) is 5.49. The molecule has 9 heteroatoms. The number of likely N-dealkylation sites (tertiary alicyclic amines) is 1. The van der Waals surface area contributed by atoms with Gasteiger partial charge in [0, 0.05) is 24.7 Å².